The Bertz CT molecular complexity index is 483. The summed E-state index contributed by atoms with van der Waals surface area (Å²) in [5.41, 5.74) is 0.676. The number of nitrogens with zero attached hydrogens (tertiary/aromatic N) is 2. The maximum atomic E-state index is 11.7. The molecule has 0 aromatic heterocycles. The molecule has 0 saturated heterocycles. The van der Waals surface area contributed by atoms with Crippen LogP contribution in [0.1, 0.15) is 0 Å². The minimum Gasteiger partial charge on any atom is -0.342 e. The summed E-state index contributed by atoms with van der Waals surface area (Å²) in [4.78, 5) is 17.7. The quantitative estimate of drug-likeness (QED) is 0.861. The molecule has 2 amide bonds. The first-order valence-corrected chi connectivity index (χ1v) is 5.78. The van der Waals surface area contributed by atoms with Gasteiger partial charge in [-0.15, -0.1) is 0 Å². The summed E-state index contributed by atoms with van der Waals surface area (Å²) in [6, 6.07) is 6.57. The molecule has 1 unspecified atom stereocenters. The van der Waals surface area contributed by atoms with Crippen LogP contribution in [-0.2, 0) is 0 Å². The number of halogens is 1. The molecule has 0 fully saturated rings. The van der Waals surface area contributed by atoms with E-state index in [2.05, 4.69) is 15.6 Å². The Kier molecular flexibility index (Phi) is 3.84. The van der Waals surface area contributed by atoms with Gasteiger partial charge in [0.1, 0.15) is 0 Å². The molecule has 0 radical (unpaired) electrons. The number of allylic oxidation sites excluding steroid dienone is 1. The fraction of sp³-hybridized carbons (Fsp3) is 0.167. The van der Waals surface area contributed by atoms with E-state index in [1.165, 1.54) is 0 Å². The lowest BCUT2D eigenvalue weighted by molar-refractivity contribution is 0.231. The second kappa shape index (κ2) is 5.55. The molecular formula is C12H13ClN4O. The zero-order chi connectivity index (χ0) is 13.0. The van der Waals surface area contributed by atoms with Gasteiger partial charge in [-0.1, -0.05) is 11.6 Å². The highest BCUT2D eigenvalue weighted by molar-refractivity contribution is 6.30. The van der Waals surface area contributed by atoms with Crippen LogP contribution in [0.5, 0.6) is 0 Å². The second-order valence-electron chi connectivity index (χ2n) is 3.78. The Labute approximate surface area is 110 Å². The Balaban J connectivity index is 1.91. The van der Waals surface area contributed by atoms with Crippen molar-refractivity contribution in [2.75, 3.05) is 12.4 Å². The third-order valence-electron chi connectivity index (χ3n) is 2.38. The molecule has 1 atom stereocenters. The summed E-state index contributed by atoms with van der Waals surface area (Å²) in [6.45, 7) is 0. The molecule has 0 saturated carbocycles. The van der Waals surface area contributed by atoms with Crippen molar-refractivity contribution < 1.29 is 4.79 Å². The molecule has 6 heteroatoms. The van der Waals surface area contributed by atoms with E-state index < -0.39 is 0 Å². The molecule has 1 aromatic carbocycles. The number of carbonyl (C=O) groups excluding carboxylic acids is 1. The van der Waals surface area contributed by atoms with Crippen LogP contribution in [0.15, 0.2) is 41.5 Å². The molecule has 5 nitrogen and oxygen atoms in total. The molecule has 1 aromatic rings. The van der Waals surface area contributed by atoms with Crippen molar-refractivity contribution in [3.05, 3.63) is 41.6 Å². The fourth-order valence-corrected chi connectivity index (χ4v) is 1.57. The number of anilines is 1. The normalized spacial score (nSPS) is 17.7. The molecular weight excluding hydrogens is 252 g/mol. The zero-order valence-corrected chi connectivity index (χ0v) is 10.6. The monoisotopic (exact) mass is 264 g/mol. The number of amides is 2. The van der Waals surface area contributed by atoms with Crippen LogP contribution in [0.3, 0.4) is 0 Å². The van der Waals surface area contributed by atoms with Crippen molar-refractivity contribution in [3.8, 4) is 0 Å². The number of hydrogen-bond donors (Lipinski definition) is 2. The lowest BCUT2D eigenvalue weighted by Crippen LogP contribution is -2.45. The van der Waals surface area contributed by atoms with Crippen LogP contribution in [0, 0.1) is 0 Å². The number of urea groups is 1. The molecule has 0 aliphatic carbocycles. The summed E-state index contributed by atoms with van der Waals surface area (Å²) in [5, 5.41) is 6.06. The molecule has 1 aliphatic heterocycles. The third-order valence-corrected chi connectivity index (χ3v) is 2.63. The van der Waals surface area contributed by atoms with Crippen molar-refractivity contribution in [1.82, 2.24) is 10.2 Å². The highest BCUT2D eigenvalue weighted by atomic mass is 35.5. The average Bonchev–Trinajstić information content (AvgIpc) is 2.35. The van der Waals surface area contributed by atoms with E-state index in [1.807, 2.05) is 13.2 Å². The van der Waals surface area contributed by atoms with Gasteiger partial charge < -0.3 is 10.2 Å². The van der Waals surface area contributed by atoms with Crippen LogP contribution in [0.25, 0.3) is 0 Å². The second-order valence-corrected chi connectivity index (χ2v) is 4.22. The van der Waals surface area contributed by atoms with Crippen LogP contribution in [0.2, 0.25) is 5.02 Å². The fourth-order valence-electron chi connectivity index (χ4n) is 1.45. The molecule has 18 heavy (non-hydrogen) atoms. The van der Waals surface area contributed by atoms with Gasteiger partial charge in [0.2, 0.25) is 0 Å². The predicted octanol–water partition coefficient (Wildman–Crippen LogP) is 2.28. The van der Waals surface area contributed by atoms with Crippen molar-refractivity contribution in [2.45, 2.75) is 6.29 Å². The SMILES string of the molecule is CN1C=CC=NC1NC(=O)Nc1ccc(Cl)cc1. The van der Waals surface area contributed by atoms with E-state index >= 15 is 0 Å². The first kappa shape index (κ1) is 12.4. The maximum Gasteiger partial charge on any atom is 0.322 e. The number of rotatable bonds is 2. The molecule has 1 heterocycles. The van der Waals surface area contributed by atoms with Crippen molar-refractivity contribution in [3.63, 3.8) is 0 Å². The maximum absolute atomic E-state index is 11.7. The minimum atomic E-state index is -0.387. The van der Waals surface area contributed by atoms with Gasteiger partial charge in [-0.2, -0.15) is 0 Å². The van der Waals surface area contributed by atoms with Crippen LogP contribution < -0.4 is 10.6 Å². The van der Waals surface area contributed by atoms with Gasteiger partial charge in [-0.25, -0.2) is 9.79 Å². The average molecular weight is 265 g/mol. The number of nitrogens with one attached hydrogen (secondary N) is 2. The van der Waals surface area contributed by atoms with Crippen molar-refractivity contribution >= 4 is 29.5 Å². The Morgan fingerprint density at radius 2 is 2.11 bits per heavy atom. The Hall–Kier alpha value is -2.01. The highest BCUT2D eigenvalue weighted by Gasteiger charge is 2.14. The van der Waals surface area contributed by atoms with Crippen LogP contribution in [0.4, 0.5) is 10.5 Å². The summed E-state index contributed by atoms with van der Waals surface area (Å²) in [6.07, 6.45) is 4.89. The summed E-state index contributed by atoms with van der Waals surface area (Å²) in [5.74, 6) is 0. The van der Waals surface area contributed by atoms with Gasteiger partial charge in [0.25, 0.3) is 0 Å². The molecule has 94 valence electrons. The lowest BCUT2D eigenvalue weighted by Gasteiger charge is -2.25. The van der Waals surface area contributed by atoms with Crippen LogP contribution in [-0.4, -0.2) is 30.5 Å². The van der Waals surface area contributed by atoms with Crippen molar-refractivity contribution in [1.29, 1.82) is 0 Å². The van der Waals surface area contributed by atoms with Gasteiger partial charge in [-0.05, 0) is 30.3 Å². The van der Waals surface area contributed by atoms with Gasteiger partial charge in [-0.3, -0.25) is 5.32 Å². The van der Waals surface area contributed by atoms with Crippen LogP contribution >= 0.6 is 11.6 Å². The number of hydrogen-bond acceptors (Lipinski definition) is 3. The van der Waals surface area contributed by atoms with E-state index in [9.17, 15) is 4.79 Å². The summed E-state index contributed by atoms with van der Waals surface area (Å²) in [7, 11) is 1.83. The van der Waals surface area contributed by atoms with Gasteiger partial charge in [0, 0.05) is 30.2 Å². The lowest BCUT2D eigenvalue weighted by atomic mass is 10.3. The number of aliphatic imine (C=N–C) groups is 1. The molecule has 1 aliphatic rings. The molecule has 0 bridgehead atoms. The van der Waals surface area contributed by atoms with Gasteiger partial charge in [0.05, 0.1) is 0 Å². The molecule has 2 N–H and O–H groups in total. The zero-order valence-electron chi connectivity index (χ0n) is 9.80. The van der Waals surface area contributed by atoms with Gasteiger partial charge in [0.15, 0.2) is 6.29 Å². The van der Waals surface area contributed by atoms with E-state index in [4.69, 9.17) is 11.6 Å². The van der Waals surface area contributed by atoms with E-state index in [0.29, 0.717) is 10.7 Å². The number of benzene rings is 1. The minimum absolute atomic E-state index is 0.318. The van der Waals surface area contributed by atoms with Crippen molar-refractivity contribution in [2.24, 2.45) is 4.99 Å². The first-order chi connectivity index (χ1) is 8.65. The Morgan fingerprint density at radius 3 is 2.78 bits per heavy atom. The standard InChI is InChI=1S/C12H13ClN4O/c1-17-8-2-7-14-11(17)16-12(18)15-10-5-3-9(13)4-6-10/h2-8,11H,1H3,(H2,15,16,18). The van der Waals surface area contributed by atoms with Gasteiger partial charge >= 0.3 is 6.03 Å². The molecule has 0 spiro atoms. The largest absolute Gasteiger partial charge is 0.342 e. The smallest absolute Gasteiger partial charge is 0.322 e. The summed E-state index contributed by atoms with van der Waals surface area (Å²) < 4.78 is 0. The van der Waals surface area contributed by atoms with E-state index in [-0.39, 0.29) is 12.3 Å². The number of carbonyl (C=O) groups is 1. The van der Waals surface area contributed by atoms with E-state index in [0.717, 1.165) is 0 Å². The molecule has 2 rings (SSSR count). The topological polar surface area (TPSA) is 56.7 Å². The summed E-state index contributed by atoms with van der Waals surface area (Å²) >= 11 is 5.76. The Morgan fingerprint density at radius 1 is 1.39 bits per heavy atom. The highest BCUT2D eigenvalue weighted by Crippen LogP contribution is 2.13. The van der Waals surface area contributed by atoms with E-state index in [1.54, 1.807) is 41.5 Å². The first-order valence-electron chi connectivity index (χ1n) is 5.40. The predicted molar refractivity (Wildman–Crippen MR) is 72.8 cm³/mol. The third kappa shape index (κ3) is 3.24.